The highest BCUT2D eigenvalue weighted by Gasteiger charge is 2.40. The van der Waals surface area contributed by atoms with Crippen molar-refractivity contribution in [1.82, 2.24) is 0 Å². The smallest absolute Gasteiger partial charge is 0.306 e. The molecular formula is C26H40O6. The Balaban J connectivity index is 1.72. The maximum absolute atomic E-state index is 11.5. The third-order valence-electron chi connectivity index (χ3n) is 5.98. The normalized spacial score (nSPS) is 24.2. The molecule has 0 saturated heterocycles. The summed E-state index contributed by atoms with van der Waals surface area (Å²) in [5, 5.41) is 31.1. The second kappa shape index (κ2) is 13.6. The summed E-state index contributed by atoms with van der Waals surface area (Å²) < 4.78 is 10.8. The van der Waals surface area contributed by atoms with Gasteiger partial charge in [-0.25, -0.2) is 0 Å². The molecule has 1 fully saturated rings. The lowest BCUT2D eigenvalue weighted by Gasteiger charge is -2.23. The van der Waals surface area contributed by atoms with E-state index in [4.69, 9.17) is 9.47 Å². The van der Waals surface area contributed by atoms with E-state index >= 15 is 0 Å². The number of benzene rings is 1. The van der Waals surface area contributed by atoms with Crippen LogP contribution in [0.25, 0.3) is 0 Å². The lowest BCUT2D eigenvalue weighted by Crippen LogP contribution is -2.25. The number of aliphatic hydroxyl groups is 3. The molecule has 1 aliphatic rings. The number of rotatable bonds is 13. The van der Waals surface area contributed by atoms with Gasteiger partial charge in [-0.15, -0.1) is 0 Å². The van der Waals surface area contributed by atoms with Crippen LogP contribution in [0, 0.1) is 18.8 Å². The summed E-state index contributed by atoms with van der Waals surface area (Å²) >= 11 is 0. The largest absolute Gasteiger partial charge is 0.491 e. The number of carbonyl (C=O) groups is 1. The average molecular weight is 449 g/mol. The summed E-state index contributed by atoms with van der Waals surface area (Å²) in [6.45, 7) is 5.88. The Morgan fingerprint density at radius 3 is 2.66 bits per heavy atom. The van der Waals surface area contributed by atoms with Crippen LogP contribution in [0.1, 0.15) is 64.4 Å². The van der Waals surface area contributed by atoms with Crippen LogP contribution >= 0.6 is 0 Å². The first kappa shape index (κ1) is 26.4. The van der Waals surface area contributed by atoms with Crippen molar-refractivity contribution in [3.8, 4) is 5.75 Å². The lowest BCUT2D eigenvalue weighted by molar-refractivity contribution is -0.147. The minimum atomic E-state index is -0.623. The van der Waals surface area contributed by atoms with E-state index < -0.39 is 18.3 Å². The molecule has 1 aliphatic carbocycles. The van der Waals surface area contributed by atoms with Gasteiger partial charge in [0, 0.05) is 6.42 Å². The van der Waals surface area contributed by atoms with Gasteiger partial charge < -0.3 is 24.8 Å². The summed E-state index contributed by atoms with van der Waals surface area (Å²) in [5.41, 5.74) is 1.10. The second-order valence-corrected chi connectivity index (χ2v) is 9.19. The van der Waals surface area contributed by atoms with Crippen LogP contribution in [-0.2, 0) is 9.53 Å². The van der Waals surface area contributed by atoms with Crippen LogP contribution in [0.4, 0.5) is 0 Å². The van der Waals surface area contributed by atoms with Gasteiger partial charge in [-0.3, -0.25) is 4.79 Å². The molecule has 1 aromatic carbocycles. The van der Waals surface area contributed by atoms with Gasteiger partial charge in [0.05, 0.1) is 24.4 Å². The Kier molecular flexibility index (Phi) is 11.2. The number of hydrogen-bond donors (Lipinski definition) is 3. The molecule has 6 heteroatoms. The van der Waals surface area contributed by atoms with E-state index in [2.05, 4.69) is 0 Å². The molecule has 0 aliphatic heterocycles. The Labute approximate surface area is 192 Å². The van der Waals surface area contributed by atoms with Gasteiger partial charge in [0.1, 0.15) is 12.4 Å². The highest BCUT2D eigenvalue weighted by Crippen LogP contribution is 2.38. The van der Waals surface area contributed by atoms with Crippen molar-refractivity contribution in [2.45, 2.75) is 90.1 Å². The Hall–Kier alpha value is -1.89. The van der Waals surface area contributed by atoms with Crippen molar-refractivity contribution >= 4 is 5.97 Å². The van der Waals surface area contributed by atoms with E-state index in [1.165, 1.54) is 0 Å². The number of hydrogen-bond acceptors (Lipinski definition) is 6. The molecule has 6 nitrogen and oxygen atoms in total. The van der Waals surface area contributed by atoms with E-state index in [1.54, 1.807) is 0 Å². The van der Waals surface area contributed by atoms with E-state index in [-0.39, 0.29) is 30.5 Å². The van der Waals surface area contributed by atoms with Crippen molar-refractivity contribution in [2.75, 3.05) is 6.61 Å². The Morgan fingerprint density at radius 2 is 1.94 bits per heavy atom. The van der Waals surface area contributed by atoms with Gasteiger partial charge in [0.15, 0.2) is 0 Å². The molecule has 0 heterocycles. The highest BCUT2D eigenvalue weighted by atomic mass is 16.5. The molecule has 180 valence electrons. The number of unbranched alkanes of at least 4 members (excludes halogenated alkanes) is 1. The first-order valence-electron chi connectivity index (χ1n) is 11.8. The standard InChI is InChI=1S/C26H40O6/c1-18(2)32-26(30)12-7-5-4-6-11-22-23(25(29)16-24(22)28)14-13-20(27)17-31-21-10-8-9-19(3)15-21/h4,6,8-10,15,18,20,22-25,27-29H,5,7,11-14,16-17H2,1-3H3/b6-4+. The van der Waals surface area contributed by atoms with Gasteiger partial charge in [0.2, 0.25) is 0 Å². The van der Waals surface area contributed by atoms with Crippen LogP contribution in [0.5, 0.6) is 5.75 Å². The van der Waals surface area contributed by atoms with Gasteiger partial charge >= 0.3 is 5.97 Å². The molecule has 3 N–H and O–H groups in total. The monoisotopic (exact) mass is 448 g/mol. The van der Waals surface area contributed by atoms with E-state index in [9.17, 15) is 20.1 Å². The third-order valence-corrected chi connectivity index (χ3v) is 5.98. The zero-order valence-electron chi connectivity index (χ0n) is 19.7. The molecule has 0 amide bonds. The van der Waals surface area contributed by atoms with Crippen LogP contribution in [0.2, 0.25) is 0 Å². The van der Waals surface area contributed by atoms with Crippen LogP contribution < -0.4 is 4.74 Å². The molecule has 5 unspecified atom stereocenters. The number of carbonyl (C=O) groups excluding carboxylic acids is 1. The minimum absolute atomic E-state index is 0.0305. The van der Waals surface area contributed by atoms with Gasteiger partial charge in [0.25, 0.3) is 0 Å². The average Bonchev–Trinajstić information content (AvgIpc) is 2.99. The lowest BCUT2D eigenvalue weighted by atomic mass is 9.86. The summed E-state index contributed by atoms with van der Waals surface area (Å²) in [6.07, 6.45) is 6.36. The van der Waals surface area contributed by atoms with Gasteiger partial charge in [-0.1, -0.05) is 24.3 Å². The summed E-state index contributed by atoms with van der Waals surface area (Å²) in [7, 11) is 0. The molecule has 5 atom stereocenters. The maximum Gasteiger partial charge on any atom is 0.306 e. The summed E-state index contributed by atoms with van der Waals surface area (Å²) in [6, 6.07) is 7.71. The van der Waals surface area contributed by atoms with Crippen LogP contribution in [0.15, 0.2) is 36.4 Å². The topological polar surface area (TPSA) is 96.2 Å². The fourth-order valence-electron chi connectivity index (χ4n) is 4.33. The SMILES string of the molecule is Cc1cccc(OCC(O)CCC2C(O)CC(O)C2C/C=C/CCCC(=O)OC(C)C)c1. The Morgan fingerprint density at radius 1 is 1.19 bits per heavy atom. The molecule has 0 bridgehead atoms. The van der Waals surface area contributed by atoms with E-state index in [0.717, 1.165) is 24.2 Å². The van der Waals surface area contributed by atoms with E-state index in [1.807, 2.05) is 57.2 Å². The van der Waals surface area contributed by atoms with Crippen molar-refractivity contribution < 1.29 is 29.6 Å². The number of allylic oxidation sites excluding steroid dienone is 2. The fraction of sp³-hybridized carbons (Fsp3) is 0.654. The van der Waals surface area contributed by atoms with Crippen LogP contribution in [0.3, 0.4) is 0 Å². The maximum atomic E-state index is 11.5. The van der Waals surface area contributed by atoms with Crippen molar-refractivity contribution in [1.29, 1.82) is 0 Å². The van der Waals surface area contributed by atoms with Crippen molar-refractivity contribution in [3.63, 3.8) is 0 Å². The Bertz CT molecular complexity index is 716. The third kappa shape index (κ3) is 9.31. The molecule has 0 spiro atoms. The predicted molar refractivity (Wildman–Crippen MR) is 124 cm³/mol. The summed E-state index contributed by atoms with van der Waals surface area (Å²) in [4.78, 5) is 11.5. The van der Waals surface area contributed by atoms with Crippen LogP contribution in [-0.4, -0.2) is 52.3 Å². The molecular weight excluding hydrogens is 408 g/mol. The number of aliphatic hydroxyl groups excluding tert-OH is 3. The van der Waals surface area contributed by atoms with E-state index in [0.29, 0.717) is 32.1 Å². The molecule has 32 heavy (non-hydrogen) atoms. The molecule has 1 saturated carbocycles. The number of esters is 1. The predicted octanol–water partition coefficient (Wildman–Crippen LogP) is 3.94. The second-order valence-electron chi connectivity index (χ2n) is 9.19. The first-order chi connectivity index (χ1) is 15.3. The highest BCUT2D eigenvalue weighted by molar-refractivity contribution is 5.69. The van der Waals surface area contributed by atoms with Crippen molar-refractivity contribution in [3.05, 3.63) is 42.0 Å². The molecule has 0 radical (unpaired) electrons. The summed E-state index contributed by atoms with van der Waals surface area (Å²) in [5.74, 6) is 0.481. The van der Waals surface area contributed by atoms with Gasteiger partial charge in [-0.2, -0.15) is 0 Å². The van der Waals surface area contributed by atoms with Crippen molar-refractivity contribution in [2.24, 2.45) is 11.8 Å². The minimum Gasteiger partial charge on any atom is -0.491 e. The quantitative estimate of drug-likeness (QED) is 0.240. The zero-order valence-corrected chi connectivity index (χ0v) is 19.7. The number of aryl methyl sites for hydroxylation is 1. The molecule has 2 rings (SSSR count). The fourth-order valence-corrected chi connectivity index (χ4v) is 4.33. The first-order valence-corrected chi connectivity index (χ1v) is 11.8. The zero-order chi connectivity index (χ0) is 23.5. The van der Waals surface area contributed by atoms with Gasteiger partial charge in [-0.05, 0) is 88.8 Å². The molecule has 0 aromatic heterocycles. The molecule has 1 aromatic rings. The number of ether oxygens (including phenoxy) is 2.